The number of carbonyl (C=O) groups excluding carboxylic acids is 1. The van der Waals surface area contributed by atoms with E-state index < -0.39 is 6.09 Å². The van der Waals surface area contributed by atoms with Gasteiger partial charge in [-0.1, -0.05) is 12.1 Å². The van der Waals surface area contributed by atoms with Crippen LogP contribution in [0.4, 0.5) is 10.5 Å². The molecular formula is C13H21N3O2. The van der Waals surface area contributed by atoms with E-state index in [9.17, 15) is 4.79 Å². The van der Waals surface area contributed by atoms with Gasteiger partial charge in [0.2, 0.25) is 0 Å². The van der Waals surface area contributed by atoms with Crippen LogP contribution >= 0.6 is 0 Å². The van der Waals surface area contributed by atoms with Gasteiger partial charge in [-0.2, -0.15) is 0 Å². The lowest BCUT2D eigenvalue weighted by Gasteiger charge is -2.18. The van der Waals surface area contributed by atoms with Gasteiger partial charge in [0.15, 0.2) is 0 Å². The van der Waals surface area contributed by atoms with Crippen LogP contribution in [0.5, 0.6) is 0 Å². The molecule has 0 saturated heterocycles. The summed E-state index contributed by atoms with van der Waals surface area (Å²) < 4.78 is 4.84. The topological polar surface area (TPSA) is 67.6 Å². The molecular weight excluding hydrogens is 230 g/mol. The van der Waals surface area contributed by atoms with Crippen molar-refractivity contribution in [3.05, 3.63) is 29.8 Å². The van der Waals surface area contributed by atoms with Gasteiger partial charge in [-0.25, -0.2) is 4.79 Å². The van der Waals surface area contributed by atoms with Crippen LogP contribution in [0, 0.1) is 0 Å². The number of alkyl carbamates (subject to hydrolysis) is 1. The third kappa shape index (κ3) is 3.92. The van der Waals surface area contributed by atoms with E-state index in [0.29, 0.717) is 13.2 Å². The number of nitrogens with zero attached hydrogens (tertiary/aromatic N) is 1. The van der Waals surface area contributed by atoms with Crippen molar-refractivity contribution < 1.29 is 9.53 Å². The first kappa shape index (κ1) is 14.3. The zero-order chi connectivity index (χ0) is 13.5. The summed E-state index contributed by atoms with van der Waals surface area (Å²) in [6.07, 6.45) is -0.440. The van der Waals surface area contributed by atoms with E-state index in [-0.39, 0.29) is 6.04 Å². The number of nitrogens with two attached hydrogens (primary N) is 1. The Balaban J connectivity index is 2.73. The molecule has 0 bridgehead atoms. The summed E-state index contributed by atoms with van der Waals surface area (Å²) in [5, 5.41) is 2.73. The Bertz CT molecular complexity index is 376. The summed E-state index contributed by atoms with van der Waals surface area (Å²) in [7, 11) is 3.96. The van der Waals surface area contributed by atoms with Gasteiger partial charge in [0, 0.05) is 26.3 Å². The third-order valence-electron chi connectivity index (χ3n) is 2.62. The number of carbonyl (C=O) groups is 1. The minimum absolute atomic E-state index is 0.222. The molecule has 1 atom stereocenters. The summed E-state index contributed by atoms with van der Waals surface area (Å²) in [6.45, 7) is 2.45. The summed E-state index contributed by atoms with van der Waals surface area (Å²) in [6, 6.07) is 7.67. The highest BCUT2D eigenvalue weighted by atomic mass is 16.5. The van der Waals surface area contributed by atoms with Gasteiger partial charge in [-0.15, -0.1) is 0 Å². The molecule has 1 aromatic rings. The van der Waals surface area contributed by atoms with E-state index in [1.54, 1.807) is 6.92 Å². The SMILES string of the molecule is CCOC(=O)NC(CN)c1ccc(N(C)C)cc1. The average Bonchev–Trinajstić information content (AvgIpc) is 2.36. The van der Waals surface area contributed by atoms with Gasteiger partial charge in [-0.3, -0.25) is 0 Å². The molecule has 1 amide bonds. The van der Waals surface area contributed by atoms with E-state index in [1.807, 2.05) is 43.3 Å². The molecule has 5 nitrogen and oxygen atoms in total. The second kappa shape index (κ2) is 6.86. The standard InChI is InChI=1S/C13H21N3O2/c1-4-18-13(17)15-12(9-14)10-5-7-11(8-6-10)16(2)3/h5-8,12H,4,9,14H2,1-3H3,(H,15,17). The fraction of sp³-hybridized carbons (Fsp3) is 0.462. The van der Waals surface area contributed by atoms with Crippen LogP contribution in [0.1, 0.15) is 18.5 Å². The van der Waals surface area contributed by atoms with Gasteiger partial charge in [0.1, 0.15) is 0 Å². The van der Waals surface area contributed by atoms with Gasteiger partial charge in [0.25, 0.3) is 0 Å². The van der Waals surface area contributed by atoms with Gasteiger partial charge in [0.05, 0.1) is 12.6 Å². The molecule has 0 aliphatic rings. The molecule has 100 valence electrons. The quantitative estimate of drug-likeness (QED) is 0.832. The minimum Gasteiger partial charge on any atom is -0.450 e. The highest BCUT2D eigenvalue weighted by Crippen LogP contribution is 2.17. The lowest BCUT2D eigenvalue weighted by atomic mass is 10.1. The second-order valence-corrected chi connectivity index (χ2v) is 4.14. The number of hydrogen-bond donors (Lipinski definition) is 2. The number of rotatable bonds is 5. The maximum Gasteiger partial charge on any atom is 0.407 e. The molecule has 0 aromatic heterocycles. The highest BCUT2D eigenvalue weighted by Gasteiger charge is 2.13. The number of benzene rings is 1. The minimum atomic E-state index is -0.440. The Morgan fingerprint density at radius 1 is 1.39 bits per heavy atom. The lowest BCUT2D eigenvalue weighted by molar-refractivity contribution is 0.148. The van der Waals surface area contributed by atoms with Gasteiger partial charge in [-0.05, 0) is 24.6 Å². The van der Waals surface area contributed by atoms with Crippen molar-refractivity contribution in [3.8, 4) is 0 Å². The van der Waals surface area contributed by atoms with E-state index in [4.69, 9.17) is 10.5 Å². The van der Waals surface area contributed by atoms with Crippen molar-refractivity contribution in [3.63, 3.8) is 0 Å². The zero-order valence-electron chi connectivity index (χ0n) is 11.1. The van der Waals surface area contributed by atoms with Crippen LogP contribution in [-0.2, 0) is 4.74 Å². The van der Waals surface area contributed by atoms with Crippen LogP contribution in [0.15, 0.2) is 24.3 Å². The monoisotopic (exact) mass is 251 g/mol. The van der Waals surface area contributed by atoms with E-state index in [0.717, 1.165) is 11.3 Å². The van der Waals surface area contributed by atoms with Crippen molar-refractivity contribution in [2.45, 2.75) is 13.0 Å². The van der Waals surface area contributed by atoms with Crippen LogP contribution in [0.3, 0.4) is 0 Å². The Morgan fingerprint density at radius 3 is 2.44 bits per heavy atom. The van der Waals surface area contributed by atoms with Crippen molar-refractivity contribution in [2.75, 3.05) is 32.1 Å². The molecule has 0 saturated carbocycles. The maximum atomic E-state index is 11.4. The molecule has 5 heteroatoms. The van der Waals surface area contributed by atoms with E-state index >= 15 is 0 Å². The van der Waals surface area contributed by atoms with E-state index in [1.165, 1.54) is 0 Å². The second-order valence-electron chi connectivity index (χ2n) is 4.14. The smallest absolute Gasteiger partial charge is 0.407 e. The van der Waals surface area contributed by atoms with Crippen molar-refractivity contribution in [1.82, 2.24) is 5.32 Å². The van der Waals surface area contributed by atoms with Crippen LogP contribution in [-0.4, -0.2) is 33.3 Å². The number of hydrogen-bond acceptors (Lipinski definition) is 4. The van der Waals surface area contributed by atoms with Gasteiger partial charge >= 0.3 is 6.09 Å². The molecule has 0 aliphatic carbocycles. The molecule has 1 aromatic carbocycles. The average molecular weight is 251 g/mol. The predicted molar refractivity (Wildman–Crippen MR) is 72.7 cm³/mol. The molecule has 1 unspecified atom stereocenters. The Kier molecular flexibility index (Phi) is 5.45. The number of ether oxygens (including phenoxy) is 1. The molecule has 18 heavy (non-hydrogen) atoms. The molecule has 0 spiro atoms. The third-order valence-corrected chi connectivity index (χ3v) is 2.62. The first-order chi connectivity index (χ1) is 8.58. The summed E-state index contributed by atoms with van der Waals surface area (Å²) in [4.78, 5) is 13.4. The number of amides is 1. The summed E-state index contributed by atoms with van der Waals surface area (Å²) in [5.41, 5.74) is 7.74. The Morgan fingerprint density at radius 2 is 2.00 bits per heavy atom. The molecule has 0 aliphatic heterocycles. The Hall–Kier alpha value is -1.75. The first-order valence-corrected chi connectivity index (χ1v) is 5.99. The predicted octanol–water partition coefficient (Wildman–Crippen LogP) is 1.50. The highest BCUT2D eigenvalue weighted by molar-refractivity contribution is 5.68. The molecule has 3 N–H and O–H groups in total. The molecule has 0 heterocycles. The normalized spacial score (nSPS) is 11.8. The number of nitrogens with one attached hydrogen (secondary N) is 1. The summed E-state index contributed by atoms with van der Waals surface area (Å²) >= 11 is 0. The van der Waals surface area contributed by atoms with Crippen molar-refractivity contribution in [2.24, 2.45) is 5.73 Å². The van der Waals surface area contributed by atoms with Crippen LogP contribution < -0.4 is 16.0 Å². The van der Waals surface area contributed by atoms with Crippen LogP contribution in [0.2, 0.25) is 0 Å². The largest absolute Gasteiger partial charge is 0.450 e. The molecule has 0 fully saturated rings. The van der Waals surface area contributed by atoms with Crippen LogP contribution in [0.25, 0.3) is 0 Å². The molecule has 1 rings (SSSR count). The lowest BCUT2D eigenvalue weighted by Crippen LogP contribution is -2.33. The molecule has 0 radical (unpaired) electrons. The van der Waals surface area contributed by atoms with Crippen molar-refractivity contribution >= 4 is 11.8 Å². The maximum absolute atomic E-state index is 11.4. The van der Waals surface area contributed by atoms with Crippen molar-refractivity contribution in [1.29, 1.82) is 0 Å². The fourth-order valence-corrected chi connectivity index (χ4v) is 1.60. The first-order valence-electron chi connectivity index (χ1n) is 5.99. The fourth-order valence-electron chi connectivity index (χ4n) is 1.60. The Labute approximate surface area is 108 Å². The van der Waals surface area contributed by atoms with Gasteiger partial charge < -0.3 is 20.7 Å². The van der Waals surface area contributed by atoms with E-state index in [2.05, 4.69) is 5.32 Å². The zero-order valence-corrected chi connectivity index (χ0v) is 11.1. The summed E-state index contributed by atoms with van der Waals surface area (Å²) in [5.74, 6) is 0. The number of anilines is 1.